The zero-order valence-corrected chi connectivity index (χ0v) is 13.1. The van der Waals surface area contributed by atoms with Crippen LogP contribution in [0.5, 0.6) is 0 Å². The second-order valence-corrected chi connectivity index (χ2v) is 6.69. The maximum absolute atomic E-state index is 12.6. The largest absolute Gasteiger partial charge is 0.444 e. The minimum atomic E-state index is -1.93. The first-order chi connectivity index (χ1) is 11.1. The summed E-state index contributed by atoms with van der Waals surface area (Å²) in [4.78, 5) is 14.3. The number of carbonyl (C=O) groups excluding carboxylic acids is 1. The molecule has 21 heavy (non-hydrogen) atoms. The maximum atomic E-state index is 12.6. The molecule has 1 heterocycles. The molecular formula is C18H27NO2. The van der Waals surface area contributed by atoms with Gasteiger partial charge in [-0.2, -0.15) is 0 Å². The number of piperidine rings is 1. The Morgan fingerprint density at radius 1 is 1.38 bits per heavy atom. The molecular weight excluding hydrogens is 262 g/mol. The van der Waals surface area contributed by atoms with E-state index in [-0.39, 0.29) is 24.5 Å². The number of ether oxygens (including phenoxy) is 1. The van der Waals surface area contributed by atoms with Gasteiger partial charge in [-0.1, -0.05) is 43.6 Å². The number of likely N-dealkylation sites (tertiary alicyclic amines) is 1. The highest BCUT2D eigenvalue weighted by Crippen LogP contribution is 2.36. The van der Waals surface area contributed by atoms with Crippen molar-refractivity contribution in [3.63, 3.8) is 0 Å². The molecule has 1 aromatic carbocycles. The average Bonchev–Trinajstić information content (AvgIpc) is 2.44. The first-order valence-electron chi connectivity index (χ1n) is 9.10. The van der Waals surface area contributed by atoms with E-state index in [0.29, 0.717) is 19.4 Å². The third-order valence-corrected chi connectivity index (χ3v) is 3.81. The lowest BCUT2D eigenvalue weighted by molar-refractivity contribution is 0.00394. The first-order valence-corrected chi connectivity index (χ1v) is 7.60. The summed E-state index contributed by atoms with van der Waals surface area (Å²) in [7, 11) is 0. The molecule has 0 aromatic heterocycles. The summed E-state index contributed by atoms with van der Waals surface area (Å²) < 4.78 is 28.1. The molecule has 2 rings (SSSR count). The summed E-state index contributed by atoms with van der Waals surface area (Å²) in [6.45, 7) is 4.15. The molecule has 3 nitrogen and oxygen atoms in total. The van der Waals surface area contributed by atoms with Gasteiger partial charge in [0.1, 0.15) is 5.60 Å². The van der Waals surface area contributed by atoms with E-state index < -0.39 is 12.5 Å². The Hall–Kier alpha value is -1.51. The van der Waals surface area contributed by atoms with Crippen LogP contribution < -0.4 is 0 Å². The van der Waals surface area contributed by atoms with Crippen molar-refractivity contribution in [1.82, 2.24) is 4.90 Å². The summed E-state index contributed by atoms with van der Waals surface area (Å²) >= 11 is 0. The molecule has 0 aliphatic carbocycles. The summed E-state index contributed by atoms with van der Waals surface area (Å²) in [6, 6.07) is 9.65. The van der Waals surface area contributed by atoms with Gasteiger partial charge in [0, 0.05) is 10.7 Å². The third-order valence-electron chi connectivity index (χ3n) is 3.81. The Balaban J connectivity index is 2.19. The summed E-state index contributed by atoms with van der Waals surface area (Å²) in [5, 5.41) is 0. The van der Waals surface area contributed by atoms with E-state index in [0.717, 1.165) is 5.56 Å². The SMILES string of the molecule is [2H]C([2H])([2H])CC1CCN(C(=O)OC(C)(C)C)C(c2ccccc2)C1. The standard InChI is InChI=1S/C18H27NO2/c1-5-14-11-12-19(17(20)21-18(2,3)4)16(13-14)15-9-7-6-8-10-15/h6-10,14,16H,5,11-13H2,1-4H3/i1D3. The van der Waals surface area contributed by atoms with E-state index >= 15 is 0 Å². The summed E-state index contributed by atoms with van der Waals surface area (Å²) in [5.74, 6) is 0.0846. The number of carbonyl (C=O) groups is 1. The van der Waals surface area contributed by atoms with Crippen molar-refractivity contribution in [1.29, 1.82) is 0 Å². The zero-order valence-electron chi connectivity index (χ0n) is 16.1. The highest BCUT2D eigenvalue weighted by Gasteiger charge is 2.34. The molecule has 1 saturated heterocycles. The topological polar surface area (TPSA) is 29.5 Å². The summed E-state index contributed by atoms with van der Waals surface area (Å²) in [6.07, 6.45) is 1.21. The minimum Gasteiger partial charge on any atom is -0.444 e. The molecule has 2 atom stereocenters. The van der Waals surface area contributed by atoms with Gasteiger partial charge in [0.25, 0.3) is 0 Å². The lowest BCUT2D eigenvalue weighted by Gasteiger charge is -2.40. The molecule has 1 aliphatic rings. The Labute approximate surface area is 132 Å². The molecule has 0 spiro atoms. The molecule has 0 saturated carbocycles. The lowest BCUT2D eigenvalue weighted by atomic mass is 9.86. The fourth-order valence-corrected chi connectivity index (χ4v) is 2.75. The molecule has 1 amide bonds. The molecule has 3 heteroatoms. The highest BCUT2D eigenvalue weighted by molar-refractivity contribution is 5.69. The number of amides is 1. The highest BCUT2D eigenvalue weighted by atomic mass is 16.6. The van der Waals surface area contributed by atoms with Crippen molar-refractivity contribution >= 4 is 6.09 Å². The van der Waals surface area contributed by atoms with Crippen LogP contribution in [-0.4, -0.2) is 23.1 Å². The number of hydrogen-bond acceptors (Lipinski definition) is 2. The smallest absolute Gasteiger partial charge is 0.410 e. The van der Waals surface area contributed by atoms with Crippen molar-refractivity contribution in [3.05, 3.63) is 35.9 Å². The lowest BCUT2D eigenvalue weighted by Crippen LogP contribution is -2.43. The second kappa shape index (κ2) is 6.50. The maximum Gasteiger partial charge on any atom is 0.410 e. The van der Waals surface area contributed by atoms with Gasteiger partial charge in [-0.25, -0.2) is 4.79 Å². The fourth-order valence-electron chi connectivity index (χ4n) is 2.75. The fraction of sp³-hybridized carbons (Fsp3) is 0.611. The number of rotatable bonds is 2. The van der Waals surface area contributed by atoms with Crippen LogP contribution in [0.15, 0.2) is 30.3 Å². The van der Waals surface area contributed by atoms with Crippen LogP contribution in [0.1, 0.15) is 62.6 Å². The third kappa shape index (κ3) is 4.23. The van der Waals surface area contributed by atoms with Crippen LogP contribution in [-0.2, 0) is 4.74 Å². The van der Waals surface area contributed by atoms with E-state index in [2.05, 4.69) is 0 Å². The Morgan fingerprint density at radius 3 is 2.71 bits per heavy atom. The minimum absolute atomic E-state index is 0.0846. The second-order valence-electron chi connectivity index (χ2n) is 6.69. The predicted molar refractivity (Wildman–Crippen MR) is 85.1 cm³/mol. The number of nitrogens with zero attached hydrogens (tertiary/aromatic N) is 1. The van der Waals surface area contributed by atoms with Gasteiger partial charge >= 0.3 is 6.09 Å². The van der Waals surface area contributed by atoms with Crippen LogP contribution in [0.25, 0.3) is 0 Å². The Morgan fingerprint density at radius 2 is 2.10 bits per heavy atom. The molecule has 1 aromatic rings. The molecule has 1 fully saturated rings. The van der Waals surface area contributed by atoms with E-state index in [1.807, 2.05) is 51.1 Å². The summed E-state index contributed by atoms with van der Waals surface area (Å²) in [5.41, 5.74) is 0.479. The zero-order chi connectivity index (χ0) is 18.0. The molecule has 2 unspecified atom stereocenters. The van der Waals surface area contributed by atoms with Crippen LogP contribution in [0.3, 0.4) is 0 Å². The van der Waals surface area contributed by atoms with Gasteiger partial charge in [-0.3, -0.25) is 0 Å². The van der Waals surface area contributed by atoms with Crippen molar-refractivity contribution < 1.29 is 13.6 Å². The quantitative estimate of drug-likeness (QED) is 0.784. The molecule has 116 valence electrons. The number of benzene rings is 1. The van der Waals surface area contributed by atoms with Crippen molar-refractivity contribution in [2.75, 3.05) is 6.54 Å². The normalized spacial score (nSPS) is 25.7. The van der Waals surface area contributed by atoms with Gasteiger partial charge in [0.2, 0.25) is 0 Å². The van der Waals surface area contributed by atoms with Crippen molar-refractivity contribution in [3.8, 4) is 0 Å². The predicted octanol–water partition coefficient (Wildman–Crippen LogP) is 4.78. The van der Waals surface area contributed by atoms with Gasteiger partial charge < -0.3 is 9.64 Å². The van der Waals surface area contributed by atoms with Crippen LogP contribution in [0.4, 0.5) is 4.79 Å². The van der Waals surface area contributed by atoms with Crippen LogP contribution in [0.2, 0.25) is 0 Å². The first kappa shape index (κ1) is 12.1. The molecule has 0 N–H and O–H groups in total. The number of hydrogen-bond donors (Lipinski definition) is 0. The van der Waals surface area contributed by atoms with E-state index in [1.165, 1.54) is 0 Å². The van der Waals surface area contributed by atoms with Crippen LogP contribution in [0, 0.1) is 5.92 Å². The monoisotopic (exact) mass is 292 g/mol. The van der Waals surface area contributed by atoms with Crippen molar-refractivity contribution in [2.24, 2.45) is 5.92 Å². The average molecular weight is 292 g/mol. The van der Waals surface area contributed by atoms with Crippen molar-refractivity contribution in [2.45, 2.75) is 58.5 Å². The van der Waals surface area contributed by atoms with Gasteiger partial charge in [-0.15, -0.1) is 0 Å². The Kier molecular flexibility index (Phi) is 3.74. The van der Waals surface area contributed by atoms with Crippen LogP contribution >= 0.6 is 0 Å². The molecule has 1 aliphatic heterocycles. The van der Waals surface area contributed by atoms with E-state index in [1.54, 1.807) is 4.90 Å². The van der Waals surface area contributed by atoms with E-state index in [4.69, 9.17) is 8.85 Å². The van der Waals surface area contributed by atoms with Gasteiger partial charge in [0.05, 0.1) is 6.04 Å². The van der Waals surface area contributed by atoms with Gasteiger partial charge in [0.15, 0.2) is 0 Å². The van der Waals surface area contributed by atoms with E-state index in [9.17, 15) is 4.79 Å². The Bertz CT molecular complexity index is 552. The molecule has 0 bridgehead atoms. The molecule has 0 radical (unpaired) electrons. The van der Waals surface area contributed by atoms with Gasteiger partial charge in [-0.05, 0) is 45.1 Å².